The first kappa shape index (κ1) is 16.4. The first-order valence-electron chi connectivity index (χ1n) is 8.32. The van der Waals surface area contributed by atoms with Crippen molar-refractivity contribution in [2.75, 3.05) is 34.9 Å². The van der Waals surface area contributed by atoms with E-state index in [-0.39, 0.29) is 11.6 Å². The maximum absolute atomic E-state index is 13.2. The number of carbonyl (C=O) groups excluding carboxylic acids is 2. The second-order valence-corrected chi connectivity index (χ2v) is 6.42. The zero-order valence-electron chi connectivity index (χ0n) is 15.1. The molecule has 0 saturated carbocycles. The Hall–Kier alpha value is -3.02. The van der Waals surface area contributed by atoms with Gasteiger partial charge in [0, 0.05) is 41.3 Å². The molecule has 0 aromatic heterocycles. The SMILES string of the molecule is COC1=CC(=O)C=C2C(=O)C3=c4c(cc(OC)c(OC)c4=C12)CCN3C. The van der Waals surface area contributed by atoms with Crippen molar-refractivity contribution >= 4 is 22.8 Å². The molecule has 0 spiro atoms. The number of fused-ring (bicyclic) bond motifs is 1. The number of hydrogen-bond acceptors (Lipinski definition) is 6. The van der Waals surface area contributed by atoms with Crippen LogP contribution in [0.5, 0.6) is 11.5 Å². The number of ketones is 2. The molecule has 0 fully saturated rings. The third kappa shape index (κ3) is 2.05. The van der Waals surface area contributed by atoms with E-state index in [0.717, 1.165) is 22.4 Å². The average Bonchev–Trinajstić information content (AvgIpc) is 2.64. The lowest BCUT2D eigenvalue weighted by Gasteiger charge is -2.32. The lowest BCUT2D eigenvalue weighted by molar-refractivity contribution is -0.113. The highest BCUT2D eigenvalue weighted by Gasteiger charge is 2.36. The Morgan fingerprint density at radius 1 is 1.00 bits per heavy atom. The summed E-state index contributed by atoms with van der Waals surface area (Å²) in [6.45, 7) is 0.715. The lowest BCUT2D eigenvalue weighted by Crippen LogP contribution is -2.49. The first-order valence-corrected chi connectivity index (χ1v) is 8.32. The Kier molecular flexibility index (Phi) is 3.64. The Labute approximate surface area is 150 Å². The van der Waals surface area contributed by atoms with Crippen LogP contribution in [-0.2, 0) is 20.7 Å². The van der Waals surface area contributed by atoms with Crippen LogP contribution in [0, 0.1) is 0 Å². The highest BCUT2D eigenvalue weighted by atomic mass is 16.5. The molecule has 4 rings (SSSR count). The molecule has 26 heavy (non-hydrogen) atoms. The van der Waals surface area contributed by atoms with Crippen molar-refractivity contribution in [3.8, 4) is 11.5 Å². The van der Waals surface area contributed by atoms with Gasteiger partial charge >= 0.3 is 0 Å². The topological polar surface area (TPSA) is 65.1 Å². The van der Waals surface area contributed by atoms with Gasteiger partial charge in [-0.1, -0.05) is 0 Å². The minimum absolute atomic E-state index is 0.167. The molecule has 6 heteroatoms. The molecule has 1 aliphatic heterocycles. The molecule has 2 aliphatic carbocycles. The van der Waals surface area contributed by atoms with E-state index in [1.165, 1.54) is 19.3 Å². The van der Waals surface area contributed by atoms with Gasteiger partial charge in [-0.2, -0.15) is 0 Å². The third-order valence-corrected chi connectivity index (χ3v) is 5.09. The minimum atomic E-state index is -0.265. The lowest BCUT2D eigenvalue weighted by atomic mass is 9.82. The molecule has 3 aliphatic rings. The summed E-state index contributed by atoms with van der Waals surface area (Å²) in [4.78, 5) is 27.3. The van der Waals surface area contributed by atoms with Crippen molar-refractivity contribution in [3.05, 3.63) is 45.6 Å². The maximum atomic E-state index is 13.2. The molecule has 1 aromatic rings. The number of methoxy groups -OCH3 is 3. The van der Waals surface area contributed by atoms with Crippen LogP contribution in [0.2, 0.25) is 0 Å². The van der Waals surface area contributed by atoms with Gasteiger partial charge in [-0.25, -0.2) is 0 Å². The molecule has 134 valence electrons. The third-order valence-electron chi connectivity index (χ3n) is 5.09. The van der Waals surface area contributed by atoms with Gasteiger partial charge in [-0.15, -0.1) is 0 Å². The quantitative estimate of drug-likeness (QED) is 0.767. The summed E-state index contributed by atoms with van der Waals surface area (Å²) in [5.41, 5.74) is 2.53. The molecule has 0 saturated heterocycles. The molecule has 1 aromatic carbocycles. The van der Waals surface area contributed by atoms with Gasteiger partial charge in [-0.05, 0) is 24.1 Å². The standard InChI is InChI=1S/C20H19NO5/c1-21-6-5-10-7-14(25-3)20(26-4)17-15(10)18(21)19(23)12-8-11(22)9-13(24-2)16(12)17/h7-9H,5-6H2,1-4H3. The summed E-state index contributed by atoms with van der Waals surface area (Å²) in [6.07, 6.45) is 3.55. The highest BCUT2D eigenvalue weighted by Crippen LogP contribution is 2.34. The fourth-order valence-electron chi connectivity index (χ4n) is 3.95. The monoisotopic (exact) mass is 353 g/mol. The molecule has 0 bridgehead atoms. The number of allylic oxidation sites excluding steroid dienone is 3. The van der Waals surface area contributed by atoms with Crippen LogP contribution in [0.1, 0.15) is 5.56 Å². The number of likely N-dealkylation sites (N-methyl/N-ethyl adjacent to an activating group) is 1. The van der Waals surface area contributed by atoms with E-state index in [1.807, 2.05) is 18.0 Å². The van der Waals surface area contributed by atoms with E-state index >= 15 is 0 Å². The summed E-state index contributed by atoms with van der Waals surface area (Å²) in [7, 11) is 6.53. The molecule has 0 amide bonds. The molecule has 0 unspecified atom stereocenters. The zero-order chi connectivity index (χ0) is 18.6. The molecular weight excluding hydrogens is 334 g/mol. The summed E-state index contributed by atoms with van der Waals surface area (Å²) in [5.74, 6) is 1.06. The Morgan fingerprint density at radius 3 is 2.42 bits per heavy atom. The van der Waals surface area contributed by atoms with Crippen molar-refractivity contribution in [3.63, 3.8) is 0 Å². The van der Waals surface area contributed by atoms with Crippen LogP contribution >= 0.6 is 0 Å². The largest absolute Gasteiger partial charge is 0.496 e. The van der Waals surface area contributed by atoms with Crippen LogP contribution in [-0.4, -0.2) is 51.4 Å². The average molecular weight is 353 g/mol. The summed E-state index contributed by atoms with van der Waals surface area (Å²) in [5, 5.41) is 1.58. The maximum Gasteiger partial charge on any atom is 0.210 e. The first-order chi connectivity index (χ1) is 12.5. The Morgan fingerprint density at radius 2 is 1.77 bits per heavy atom. The highest BCUT2D eigenvalue weighted by molar-refractivity contribution is 6.34. The number of benzene rings is 1. The number of nitrogens with zero attached hydrogens (tertiary/aromatic N) is 1. The fourth-order valence-corrected chi connectivity index (χ4v) is 3.95. The van der Waals surface area contributed by atoms with Crippen molar-refractivity contribution in [2.24, 2.45) is 0 Å². The van der Waals surface area contributed by atoms with Gasteiger partial charge in [0.2, 0.25) is 5.78 Å². The van der Waals surface area contributed by atoms with E-state index in [4.69, 9.17) is 14.2 Å². The van der Waals surface area contributed by atoms with E-state index < -0.39 is 0 Å². The number of ether oxygens (including phenoxy) is 3. The van der Waals surface area contributed by atoms with Gasteiger partial charge in [0.05, 0.1) is 27.0 Å². The summed E-state index contributed by atoms with van der Waals surface area (Å²) >= 11 is 0. The van der Waals surface area contributed by atoms with E-state index in [0.29, 0.717) is 40.6 Å². The second-order valence-electron chi connectivity index (χ2n) is 6.42. The molecule has 0 N–H and O–H groups in total. The van der Waals surface area contributed by atoms with Crippen molar-refractivity contribution < 1.29 is 23.8 Å². The number of hydrogen-bond donors (Lipinski definition) is 0. The van der Waals surface area contributed by atoms with Gasteiger partial charge in [0.25, 0.3) is 0 Å². The Balaban J connectivity index is 2.32. The fraction of sp³-hybridized carbons (Fsp3) is 0.300. The van der Waals surface area contributed by atoms with E-state index in [9.17, 15) is 9.59 Å². The number of carbonyl (C=O) groups is 2. The van der Waals surface area contributed by atoms with Crippen molar-refractivity contribution in [1.29, 1.82) is 0 Å². The second kappa shape index (κ2) is 5.76. The van der Waals surface area contributed by atoms with Crippen LogP contribution in [0.25, 0.3) is 11.3 Å². The summed E-state index contributed by atoms with van der Waals surface area (Å²) < 4.78 is 16.7. The number of rotatable bonds is 3. The molecule has 6 nitrogen and oxygen atoms in total. The molecule has 1 heterocycles. The molecular formula is C20H19NO5. The van der Waals surface area contributed by atoms with Crippen molar-refractivity contribution in [2.45, 2.75) is 6.42 Å². The summed E-state index contributed by atoms with van der Waals surface area (Å²) in [6, 6.07) is 1.93. The molecule has 0 radical (unpaired) electrons. The van der Waals surface area contributed by atoms with Gasteiger partial charge < -0.3 is 19.1 Å². The van der Waals surface area contributed by atoms with Crippen molar-refractivity contribution in [1.82, 2.24) is 4.90 Å². The predicted octanol–water partition coefficient (Wildman–Crippen LogP) is 0.0727. The van der Waals surface area contributed by atoms with E-state index in [1.54, 1.807) is 14.2 Å². The van der Waals surface area contributed by atoms with Crippen LogP contribution in [0.3, 0.4) is 0 Å². The minimum Gasteiger partial charge on any atom is -0.496 e. The van der Waals surface area contributed by atoms with E-state index in [2.05, 4.69) is 0 Å². The normalized spacial score (nSPS) is 18.1. The van der Waals surface area contributed by atoms with Gasteiger partial charge in [-0.3, -0.25) is 9.59 Å². The van der Waals surface area contributed by atoms with Crippen LogP contribution in [0.15, 0.2) is 29.6 Å². The predicted molar refractivity (Wildman–Crippen MR) is 95.1 cm³/mol. The molecule has 0 atom stereocenters. The smallest absolute Gasteiger partial charge is 0.210 e. The van der Waals surface area contributed by atoms with Gasteiger partial charge in [0.15, 0.2) is 17.3 Å². The van der Waals surface area contributed by atoms with Crippen LogP contribution in [0.4, 0.5) is 0 Å². The number of Topliss-reactive ketones (excluding diaryl/α,β-unsaturated/α-hetero) is 1. The Bertz CT molecular complexity index is 1040. The van der Waals surface area contributed by atoms with Crippen LogP contribution < -0.4 is 19.9 Å². The zero-order valence-corrected chi connectivity index (χ0v) is 15.1. The van der Waals surface area contributed by atoms with Gasteiger partial charge in [0.1, 0.15) is 5.76 Å².